The van der Waals surface area contributed by atoms with Crippen molar-refractivity contribution in [1.82, 2.24) is 14.9 Å². The Morgan fingerprint density at radius 1 is 1.30 bits per heavy atom. The van der Waals surface area contributed by atoms with Crippen molar-refractivity contribution < 1.29 is 9.53 Å². The Morgan fingerprint density at radius 2 is 2.09 bits per heavy atom. The molecular formula is C26H33N5O2. The molecule has 7 nitrogen and oxygen atoms in total. The number of pyridine rings is 2. The highest BCUT2D eigenvalue weighted by Crippen LogP contribution is 2.37. The number of nitriles is 1. The van der Waals surface area contributed by atoms with Crippen LogP contribution in [-0.2, 0) is 29.0 Å². The molecule has 0 spiro atoms. The van der Waals surface area contributed by atoms with Gasteiger partial charge in [-0.25, -0.2) is 4.98 Å². The normalized spacial score (nSPS) is 19.8. The number of hydrogen-bond donors (Lipinski definition) is 0. The average Bonchev–Trinajstić information content (AvgIpc) is 2.77. The first-order chi connectivity index (χ1) is 15.7. The number of rotatable bonds is 4. The molecule has 2 aromatic rings. The van der Waals surface area contributed by atoms with E-state index in [1.165, 1.54) is 0 Å². The van der Waals surface area contributed by atoms with Crippen LogP contribution in [0.2, 0.25) is 0 Å². The molecule has 0 saturated carbocycles. The van der Waals surface area contributed by atoms with Crippen molar-refractivity contribution in [3.8, 4) is 6.07 Å². The zero-order chi connectivity index (χ0) is 23.8. The maximum atomic E-state index is 12.9. The molecule has 0 radical (unpaired) electrons. The number of hydrogen-bond acceptors (Lipinski definition) is 6. The third-order valence-electron chi connectivity index (χ3n) is 6.60. The highest BCUT2D eigenvalue weighted by Gasteiger charge is 2.35. The minimum Gasteiger partial charge on any atom is -0.370 e. The summed E-state index contributed by atoms with van der Waals surface area (Å²) in [6, 6.07) is 8.11. The summed E-state index contributed by atoms with van der Waals surface area (Å²) < 4.78 is 6.06. The number of carbonyl (C=O) groups is 1. The minimum atomic E-state index is -0.310. The molecule has 1 saturated heterocycles. The highest BCUT2D eigenvalue weighted by molar-refractivity contribution is 5.79. The van der Waals surface area contributed by atoms with Crippen molar-refractivity contribution in [2.75, 3.05) is 24.5 Å². The summed E-state index contributed by atoms with van der Waals surface area (Å²) in [7, 11) is 0. The second-order valence-corrected chi connectivity index (χ2v) is 10.0. The van der Waals surface area contributed by atoms with Gasteiger partial charge in [-0.05, 0) is 44.4 Å². The quantitative estimate of drug-likeness (QED) is 0.712. The van der Waals surface area contributed by atoms with E-state index in [4.69, 9.17) is 9.72 Å². The molecule has 0 aliphatic carbocycles. The highest BCUT2D eigenvalue weighted by atomic mass is 16.5. The zero-order valence-electron chi connectivity index (χ0n) is 20.3. The van der Waals surface area contributed by atoms with Gasteiger partial charge in [0.15, 0.2) is 0 Å². The van der Waals surface area contributed by atoms with E-state index in [2.05, 4.69) is 50.6 Å². The van der Waals surface area contributed by atoms with Gasteiger partial charge in [-0.15, -0.1) is 0 Å². The van der Waals surface area contributed by atoms with Gasteiger partial charge in [-0.1, -0.05) is 19.9 Å². The first kappa shape index (κ1) is 23.2. The van der Waals surface area contributed by atoms with Crippen molar-refractivity contribution in [3.63, 3.8) is 0 Å². The van der Waals surface area contributed by atoms with Crippen molar-refractivity contribution in [2.24, 2.45) is 0 Å². The molecule has 1 fully saturated rings. The first-order valence-corrected chi connectivity index (χ1v) is 11.7. The predicted octanol–water partition coefficient (Wildman–Crippen LogP) is 3.60. The van der Waals surface area contributed by atoms with Crippen LogP contribution in [0.5, 0.6) is 0 Å². The van der Waals surface area contributed by atoms with Crippen LogP contribution in [0.15, 0.2) is 24.4 Å². The number of fused-ring (bicyclic) bond motifs is 1. The van der Waals surface area contributed by atoms with Gasteiger partial charge in [0.1, 0.15) is 11.9 Å². The number of carbonyl (C=O) groups excluding carboxylic acids is 1. The summed E-state index contributed by atoms with van der Waals surface area (Å²) in [5.41, 5.74) is 4.29. The summed E-state index contributed by atoms with van der Waals surface area (Å²) in [4.78, 5) is 26.3. The lowest BCUT2D eigenvalue weighted by molar-refractivity contribution is -0.132. The number of anilines is 1. The Labute approximate surface area is 196 Å². The van der Waals surface area contributed by atoms with Gasteiger partial charge in [-0.2, -0.15) is 5.26 Å². The van der Waals surface area contributed by atoms with Crippen molar-refractivity contribution >= 4 is 11.7 Å². The number of nitrogens with zero attached hydrogens (tertiary/aromatic N) is 5. The molecule has 0 aromatic carbocycles. The van der Waals surface area contributed by atoms with Crippen LogP contribution in [0.4, 0.5) is 5.82 Å². The lowest BCUT2D eigenvalue weighted by Gasteiger charge is -2.42. The van der Waals surface area contributed by atoms with E-state index in [0.29, 0.717) is 44.6 Å². The fraction of sp³-hybridized carbons (Fsp3) is 0.538. The zero-order valence-corrected chi connectivity index (χ0v) is 20.3. The summed E-state index contributed by atoms with van der Waals surface area (Å²) in [5, 5.41) is 10.1. The number of ether oxygens (including phenoxy) is 1. The van der Waals surface area contributed by atoms with E-state index in [1.54, 1.807) is 6.20 Å². The van der Waals surface area contributed by atoms with Gasteiger partial charge >= 0.3 is 0 Å². The van der Waals surface area contributed by atoms with E-state index in [1.807, 2.05) is 23.1 Å². The summed E-state index contributed by atoms with van der Waals surface area (Å²) >= 11 is 0. The predicted molar refractivity (Wildman–Crippen MR) is 127 cm³/mol. The smallest absolute Gasteiger partial charge is 0.228 e. The topological polar surface area (TPSA) is 82.4 Å². The molecule has 2 aliphatic heterocycles. The third-order valence-corrected chi connectivity index (χ3v) is 6.60. The van der Waals surface area contributed by atoms with Crippen LogP contribution in [0.1, 0.15) is 68.6 Å². The number of piperazine rings is 1. The Bertz CT molecular complexity index is 1070. The van der Waals surface area contributed by atoms with Crippen LogP contribution >= 0.6 is 0 Å². The van der Waals surface area contributed by atoms with Crippen molar-refractivity contribution in [2.45, 2.75) is 71.6 Å². The molecule has 2 aliphatic rings. The van der Waals surface area contributed by atoms with Gasteiger partial charge in [-0.3, -0.25) is 9.78 Å². The molecule has 4 rings (SSSR count). The second kappa shape index (κ2) is 9.11. The van der Waals surface area contributed by atoms with Gasteiger partial charge < -0.3 is 14.5 Å². The van der Waals surface area contributed by atoms with E-state index >= 15 is 0 Å². The standard InChI is InChI=1S/C26H33N5O2/c1-17(2)24-22-16-33-26(4,5)13-20(22)21(14-27)25(29-24)30-10-11-31(18(3)15-30)23(32)12-19-8-6-7-9-28-19/h6-9,17-18H,10-13,15-16H2,1-5H3. The Balaban J connectivity index is 1.60. The van der Waals surface area contributed by atoms with Crippen molar-refractivity contribution in [1.29, 1.82) is 5.26 Å². The molecular weight excluding hydrogens is 414 g/mol. The summed E-state index contributed by atoms with van der Waals surface area (Å²) in [5.74, 6) is 1.07. The Morgan fingerprint density at radius 3 is 2.73 bits per heavy atom. The maximum Gasteiger partial charge on any atom is 0.228 e. The summed E-state index contributed by atoms with van der Waals surface area (Å²) in [6.45, 7) is 12.9. The maximum absolute atomic E-state index is 12.9. The van der Waals surface area contributed by atoms with Crippen LogP contribution in [-0.4, -0.2) is 52.1 Å². The van der Waals surface area contributed by atoms with Crippen LogP contribution in [0, 0.1) is 11.3 Å². The molecule has 2 aromatic heterocycles. The number of amides is 1. The summed E-state index contributed by atoms with van der Waals surface area (Å²) in [6.07, 6.45) is 2.71. The fourth-order valence-electron chi connectivity index (χ4n) is 4.88. The molecule has 4 heterocycles. The molecule has 0 N–H and O–H groups in total. The molecule has 1 amide bonds. The van der Waals surface area contributed by atoms with E-state index in [9.17, 15) is 10.1 Å². The molecule has 7 heteroatoms. The van der Waals surface area contributed by atoms with Gasteiger partial charge in [0.2, 0.25) is 5.91 Å². The van der Waals surface area contributed by atoms with E-state index < -0.39 is 0 Å². The van der Waals surface area contributed by atoms with Crippen LogP contribution in [0.3, 0.4) is 0 Å². The van der Waals surface area contributed by atoms with Crippen molar-refractivity contribution in [3.05, 3.63) is 52.5 Å². The average molecular weight is 448 g/mol. The SMILES string of the molecule is CC(C)c1nc(N2CCN(C(=O)Cc3ccccn3)C(C)C2)c(C#N)c2c1COC(C)(C)C2. The first-order valence-electron chi connectivity index (χ1n) is 11.7. The second-order valence-electron chi connectivity index (χ2n) is 10.0. The van der Waals surface area contributed by atoms with Gasteiger partial charge in [0.05, 0.1) is 29.9 Å². The minimum absolute atomic E-state index is 0.0154. The molecule has 0 bridgehead atoms. The van der Waals surface area contributed by atoms with Crippen LogP contribution in [0.25, 0.3) is 0 Å². The van der Waals surface area contributed by atoms with Crippen LogP contribution < -0.4 is 4.90 Å². The Hall–Kier alpha value is -2.98. The van der Waals surface area contributed by atoms with Gasteiger partial charge in [0, 0.05) is 49.6 Å². The molecule has 33 heavy (non-hydrogen) atoms. The van der Waals surface area contributed by atoms with E-state index in [0.717, 1.165) is 28.3 Å². The largest absolute Gasteiger partial charge is 0.370 e. The fourth-order valence-corrected chi connectivity index (χ4v) is 4.88. The molecule has 1 unspecified atom stereocenters. The lowest BCUT2D eigenvalue weighted by atomic mass is 9.86. The molecule has 174 valence electrons. The molecule has 1 atom stereocenters. The monoisotopic (exact) mass is 447 g/mol. The third kappa shape index (κ3) is 4.72. The van der Waals surface area contributed by atoms with E-state index in [-0.39, 0.29) is 23.5 Å². The Kier molecular flexibility index (Phi) is 6.40. The lowest BCUT2D eigenvalue weighted by Crippen LogP contribution is -2.55. The number of aromatic nitrogens is 2. The van der Waals surface area contributed by atoms with Gasteiger partial charge in [0.25, 0.3) is 0 Å².